The van der Waals surface area contributed by atoms with Crippen molar-refractivity contribution in [1.82, 2.24) is 20.4 Å². The van der Waals surface area contributed by atoms with Crippen LogP contribution in [0.5, 0.6) is 0 Å². The molecule has 0 bridgehead atoms. The summed E-state index contributed by atoms with van der Waals surface area (Å²) in [6.07, 6.45) is -0.669. The molecule has 4 amide bonds. The molecule has 3 aliphatic rings. The van der Waals surface area contributed by atoms with Crippen molar-refractivity contribution >= 4 is 63.5 Å². The van der Waals surface area contributed by atoms with Crippen molar-refractivity contribution in [3.63, 3.8) is 0 Å². The van der Waals surface area contributed by atoms with Crippen LogP contribution in [0.3, 0.4) is 0 Å². The Morgan fingerprint density at radius 1 is 0.763 bits per heavy atom. The van der Waals surface area contributed by atoms with Gasteiger partial charge in [-0.25, -0.2) is 19.2 Å². The zero-order valence-corrected chi connectivity index (χ0v) is 34.1. The lowest BCUT2D eigenvalue weighted by atomic mass is 10.1. The van der Waals surface area contributed by atoms with Gasteiger partial charge in [0.1, 0.15) is 30.5 Å². The number of ether oxygens (including phenoxy) is 5. The predicted octanol–water partition coefficient (Wildman–Crippen LogP) is 2.32. The van der Waals surface area contributed by atoms with Crippen molar-refractivity contribution in [2.75, 3.05) is 95.8 Å². The molecule has 2 aromatic rings. The van der Waals surface area contributed by atoms with Gasteiger partial charge in [0.2, 0.25) is 0 Å². The van der Waals surface area contributed by atoms with Gasteiger partial charge in [0.25, 0.3) is 10.1 Å². The van der Waals surface area contributed by atoms with Gasteiger partial charge in [-0.1, -0.05) is 13.3 Å². The van der Waals surface area contributed by atoms with Crippen molar-refractivity contribution in [3.05, 3.63) is 59.7 Å². The number of cyclic esters (lactones) is 2. The highest BCUT2D eigenvalue weighted by atomic mass is 32.2. The fraction of sp³-hybridized carbons (Fsp3) is 0.486. The number of carbonyl (C=O) groups excluding carboxylic acids is 5. The Kier molecular flexibility index (Phi) is 16.9. The molecule has 21 nitrogen and oxygen atoms in total. The molecule has 2 aromatic carbocycles. The molecule has 5 rings (SSSR count). The van der Waals surface area contributed by atoms with E-state index in [1.807, 2.05) is 0 Å². The SMILES string of the molecule is CCCCOC(=O)CN1CCN(CC2CN(c3ccc(C(=N)NC(=O)OC)cc3)C(=O)O2)CC1.COC(=O)NC(=N)c1ccc(N2CC(COS(C)(=O)=O)OC2=O)cc1. The molecule has 0 radical (unpaired) electrons. The number of rotatable bonds is 14. The minimum absolute atomic E-state index is 0.0892. The van der Waals surface area contributed by atoms with E-state index in [1.165, 1.54) is 19.1 Å². The Morgan fingerprint density at radius 3 is 1.68 bits per heavy atom. The standard InChI is InChI=1S/C23H33N5O6.C14H17N3O7S/c1-3-4-13-33-20(29)16-27-11-9-26(10-12-27)14-19-15-28(23(31)34-19)18-7-5-17(6-8-18)21(24)25-22(30)32-2;1-22-13(18)16-12(15)9-3-5-10(6-4-9)17-7-11(24-14(17)19)8-23-25(2,20)21/h5-8,19H,3-4,9-16H2,1-2H3,(H2,24,25,30);3-6,11H,7-8H2,1-2H3,(H2,15,16,18). The maximum atomic E-state index is 12.4. The summed E-state index contributed by atoms with van der Waals surface area (Å²) < 4.78 is 51.3. The van der Waals surface area contributed by atoms with Crippen LogP contribution in [0.15, 0.2) is 48.5 Å². The van der Waals surface area contributed by atoms with Crippen LogP contribution in [0.25, 0.3) is 0 Å². The maximum Gasteiger partial charge on any atom is 0.414 e. The smallest absolute Gasteiger partial charge is 0.414 e. The second kappa shape index (κ2) is 21.8. The summed E-state index contributed by atoms with van der Waals surface area (Å²) in [5.74, 6) is -0.417. The molecule has 0 spiro atoms. The van der Waals surface area contributed by atoms with E-state index in [9.17, 15) is 32.4 Å². The number of esters is 1. The lowest BCUT2D eigenvalue weighted by molar-refractivity contribution is -0.145. The van der Waals surface area contributed by atoms with Crippen LogP contribution in [0.4, 0.5) is 30.6 Å². The van der Waals surface area contributed by atoms with E-state index >= 15 is 0 Å². The molecule has 0 aliphatic carbocycles. The van der Waals surface area contributed by atoms with Gasteiger partial charge in [-0.05, 0) is 55.0 Å². The molecule has 4 N–H and O–H groups in total. The number of nitrogens with zero attached hydrogens (tertiary/aromatic N) is 4. The average molecular weight is 847 g/mol. The number of amides is 4. The van der Waals surface area contributed by atoms with Gasteiger partial charge in [-0.3, -0.25) is 50.0 Å². The number of carbonyl (C=O) groups is 5. The van der Waals surface area contributed by atoms with Crippen LogP contribution in [0, 0.1) is 10.8 Å². The van der Waals surface area contributed by atoms with Gasteiger partial charge in [-0.2, -0.15) is 8.42 Å². The Hall–Kier alpha value is -5.84. The largest absolute Gasteiger partial charge is 0.465 e. The third kappa shape index (κ3) is 14.5. The van der Waals surface area contributed by atoms with Gasteiger partial charge >= 0.3 is 30.3 Å². The quantitative estimate of drug-likeness (QED) is 0.0531. The van der Waals surface area contributed by atoms with Crippen LogP contribution in [-0.2, 0) is 42.8 Å². The number of alkyl carbamates (subject to hydrolysis) is 2. The topological polar surface area (TPSA) is 260 Å². The summed E-state index contributed by atoms with van der Waals surface area (Å²) in [6.45, 7) is 6.90. The monoisotopic (exact) mass is 846 g/mol. The minimum atomic E-state index is -3.62. The third-order valence-corrected chi connectivity index (χ3v) is 9.58. The molecule has 322 valence electrons. The van der Waals surface area contributed by atoms with Gasteiger partial charge in [0.05, 0.1) is 46.7 Å². The van der Waals surface area contributed by atoms with E-state index in [1.54, 1.807) is 53.4 Å². The molecule has 3 aliphatic heterocycles. The second-order valence-electron chi connectivity index (χ2n) is 13.4. The number of benzene rings is 2. The molecule has 3 fully saturated rings. The minimum Gasteiger partial charge on any atom is -0.465 e. The van der Waals surface area contributed by atoms with Crippen LogP contribution in [-0.4, -0.2) is 158 Å². The van der Waals surface area contributed by atoms with E-state index in [-0.39, 0.29) is 36.9 Å². The Balaban J connectivity index is 0.000000273. The fourth-order valence-electron chi connectivity index (χ4n) is 5.89. The van der Waals surface area contributed by atoms with E-state index in [2.05, 4.69) is 41.0 Å². The molecule has 0 saturated carbocycles. The lowest BCUT2D eigenvalue weighted by Crippen LogP contribution is -2.50. The molecular weight excluding hydrogens is 797 g/mol. The Bertz CT molecular complexity index is 1920. The van der Waals surface area contributed by atoms with Crippen molar-refractivity contribution in [2.24, 2.45) is 0 Å². The number of nitrogens with one attached hydrogen (secondary N) is 4. The summed E-state index contributed by atoms with van der Waals surface area (Å²) in [7, 11) is -1.20. The fourth-order valence-corrected chi connectivity index (χ4v) is 6.29. The van der Waals surface area contributed by atoms with Crippen molar-refractivity contribution in [1.29, 1.82) is 10.8 Å². The number of hydrogen-bond donors (Lipinski definition) is 4. The summed E-state index contributed by atoms with van der Waals surface area (Å²) in [4.78, 5) is 65.8. The molecule has 0 aromatic heterocycles. The summed E-state index contributed by atoms with van der Waals surface area (Å²) in [5, 5.41) is 20.2. The number of hydrogen-bond acceptors (Lipinski definition) is 17. The molecule has 22 heteroatoms. The third-order valence-electron chi connectivity index (χ3n) is 9.02. The zero-order valence-electron chi connectivity index (χ0n) is 33.3. The Labute approximate surface area is 341 Å². The second-order valence-corrected chi connectivity index (χ2v) is 15.1. The van der Waals surface area contributed by atoms with Crippen molar-refractivity contribution < 1.29 is 60.3 Å². The van der Waals surface area contributed by atoms with Crippen LogP contribution >= 0.6 is 0 Å². The summed E-state index contributed by atoms with van der Waals surface area (Å²) >= 11 is 0. The van der Waals surface area contributed by atoms with Gasteiger partial charge < -0.3 is 23.7 Å². The van der Waals surface area contributed by atoms with Crippen LogP contribution in [0.1, 0.15) is 30.9 Å². The predicted molar refractivity (Wildman–Crippen MR) is 212 cm³/mol. The molecule has 2 atom stereocenters. The van der Waals surface area contributed by atoms with Gasteiger partial charge in [-0.15, -0.1) is 0 Å². The number of anilines is 2. The number of unbranched alkanes of at least 4 members (excludes halogenated alkanes) is 1. The maximum absolute atomic E-state index is 12.4. The van der Waals surface area contributed by atoms with E-state index in [4.69, 9.17) is 25.0 Å². The highest BCUT2D eigenvalue weighted by Gasteiger charge is 2.35. The first-order chi connectivity index (χ1) is 28.1. The number of methoxy groups -OCH3 is 2. The summed E-state index contributed by atoms with van der Waals surface area (Å²) in [6, 6.07) is 13.0. The van der Waals surface area contributed by atoms with Crippen molar-refractivity contribution in [3.8, 4) is 0 Å². The average Bonchev–Trinajstić information content (AvgIpc) is 3.78. The molecule has 3 heterocycles. The van der Waals surface area contributed by atoms with Crippen molar-refractivity contribution in [2.45, 2.75) is 32.0 Å². The van der Waals surface area contributed by atoms with Crippen LogP contribution in [0.2, 0.25) is 0 Å². The Morgan fingerprint density at radius 2 is 1.22 bits per heavy atom. The highest BCUT2D eigenvalue weighted by Crippen LogP contribution is 2.24. The summed E-state index contributed by atoms with van der Waals surface area (Å²) in [5.41, 5.74) is 2.07. The normalized spacial score (nSPS) is 18.2. The molecular formula is C37H50N8O13S. The first-order valence-electron chi connectivity index (χ1n) is 18.6. The molecule has 2 unspecified atom stereocenters. The van der Waals surface area contributed by atoms with E-state index in [0.717, 1.165) is 45.3 Å². The van der Waals surface area contributed by atoms with E-state index in [0.29, 0.717) is 48.7 Å². The van der Waals surface area contributed by atoms with Crippen LogP contribution < -0.4 is 20.4 Å². The number of amidine groups is 2. The number of piperazine rings is 1. The van der Waals surface area contributed by atoms with Gasteiger partial charge in [0.15, 0.2) is 0 Å². The lowest BCUT2D eigenvalue weighted by Gasteiger charge is -2.34. The first kappa shape index (κ1) is 45.9. The van der Waals surface area contributed by atoms with Gasteiger partial charge in [0, 0.05) is 55.2 Å². The van der Waals surface area contributed by atoms with E-state index < -0.39 is 40.6 Å². The first-order valence-corrected chi connectivity index (χ1v) is 20.4. The zero-order chi connectivity index (χ0) is 43.1. The molecule has 59 heavy (non-hydrogen) atoms. The highest BCUT2D eigenvalue weighted by molar-refractivity contribution is 7.85. The molecule has 3 saturated heterocycles.